The van der Waals surface area contributed by atoms with Crippen molar-refractivity contribution in [3.8, 4) is 11.3 Å². The van der Waals surface area contributed by atoms with Gasteiger partial charge in [-0.05, 0) is 70.8 Å². The van der Waals surface area contributed by atoms with Crippen molar-refractivity contribution in [2.75, 3.05) is 0 Å². The van der Waals surface area contributed by atoms with E-state index in [1.165, 1.54) is 39.5 Å². The predicted molar refractivity (Wildman–Crippen MR) is 110 cm³/mol. The Hall–Kier alpha value is -3.07. The summed E-state index contributed by atoms with van der Waals surface area (Å²) < 4.78 is 15.7. The average molecular weight is 359 g/mol. The summed E-state index contributed by atoms with van der Waals surface area (Å²) in [4.78, 5) is 0. The first-order valence-electron chi connectivity index (χ1n) is 9.21. The van der Waals surface area contributed by atoms with Crippen LogP contribution in [0.15, 0.2) is 73.1 Å². The lowest BCUT2D eigenvalue weighted by Gasteiger charge is -2.09. The summed E-state index contributed by atoms with van der Waals surface area (Å²) in [5.41, 5.74) is 5.64. The summed E-state index contributed by atoms with van der Waals surface area (Å²) >= 11 is 0. The van der Waals surface area contributed by atoms with Crippen molar-refractivity contribution < 1.29 is 9.50 Å². The van der Waals surface area contributed by atoms with Gasteiger partial charge in [0.15, 0.2) is 0 Å². The molecule has 2 aromatic carbocycles. The van der Waals surface area contributed by atoms with E-state index in [4.69, 9.17) is 0 Å². The summed E-state index contributed by atoms with van der Waals surface area (Å²) in [5, 5.41) is 11.7. The molecule has 2 heterocycles. The Labute approximate surface area is 158 Å². The second-order valence-electron chi connectivity index (χ2n) is 7.11. The predicted octanol–water partition coefficient (Wildman–Crippen LogP) is 6.64. The molecule has 0 aliphatic heterocycles. The molecule has 1 N–H and O–H groups in total. The molecule has 0 radical (unpaired) electrons. The molecule has 0 bridgehead atoms. The Balaban J connectivity index is 2.17. The molecule has 0 spiro atoms. The minimum atomic E-state index is -0.244. The monoisotopic (exact) mass is 359 g/mol. The molecule has 2 aromatic heterocycles. The highest BCUT2D eigenvalue weighted by molar-refractivity contribution is 6.00. The van der Waals surface area contributed by atoms with Gasteiger partial charge in [0.25, 0.3) is 0 Å². The number of aromatic nitrogens is 1. The van der Waals surface area contributed by atoms with E-state index in [2.05, 4.69) is 48.7 Å². The molecule has 3 heteroatoms. The number of hydrogen-bond acceptors (Lipinski definition) is 1. The van der Waals surface area contributed by atoms with E-state index < -0.39 is 0 Å². The fourth-order valence-electron chi connectivity index (χ4n) is 4.01. The number of aliphatic hydroxyl groups excluding tert-OH is 1. The molecule has 0 saturated heterocycles. The third-order valence-corrected chi connectivity index (χ3v) is 5.09. The number of hydrogen-bond donors (Lipinski definition) is 1. The average Bonchev–Trinajstić information content (AvgIpc) is 3.01. The van der Waals surface area contributed by atoms with Crippen molar-refractivity contribution in [1.29, 1.82) is 0 Å². The van der Waals surface area contributed by atoms with Crippen LogP contribution in [0.25, 0.3) is 27.5 Å². The lowest BCUT2D eigenvalue weighted by molar-refractivity contribution is 0.471. The molecule has 4 rings (SSSR count). The molecule has 0 aliphatic carbocycles. The number of benzene rings is 2. The standard InChI is InChI=1S/C24H22FNO/c1-16(2)22-21(8-5-15-27)23(18-9-11-19(25)12-10-18)26-14-13-17-6-3-4-7-20(17)24(22)26/h3-7,9-16,27H,8H2,1-2H3. The molecule has 136 valence electrons. The van der Waals surface area contributed by atoms with E-state index in [0.29, 0.717) is 12.3 Å². The van der Waals surface area contributed by atoms with Crippen molar-refractivity contribution in [3.63, 3.8) is 0 Å². The number of aliphatic hydroxyl groups is 1. The molecule has 0 fully saturated rings. The van der Waals surface area contributed by atoms with Gasteiger partial charge in [-0.2, -0.15) is 0 Å². The summed E-state index contributed by atoms with van der Waals surface area (Å²) in [7, 11) is 0. The van der Waals surface area contributed by atoms with E-state index in [1.807, 2.05) is 18.2 Å². The van der Waals surface area contributed by atoms with Crippen molar-refractivity contribution in [2.45, 2.75) is 26.2 Å². The Morgan fingerprint density at radius 3 is 2.48 bits per heavy atom. The SMILES string of the molecule is CC(C)c1c(CC=CO)c(-c2ccc(F)cc2)n2ccc3ccccc3c12. The van der Waals surface area contributed by atoms with E-state index in [-0.39, 0.29) is 5.82 Å². The highest BCUT2D eigenvalue weighted by atomic mass is 19.1. The summed E-state index contributed by atoms with van der Waals surface area (Å²) in [6, 6.07) is 17.1. The largest absolute Gasteiger partial charge is 0.516 e. The maximum Gasteiger partial charge on any atom is 0.123 e. The van der Waals surface area contributed by atoms with E-state index in [0.717, 1.165) is 17.5 Å². The molecule has 2 nitrogen and oxygen atoms in total. The van der Waals surface area contributed by atoms with Crippen molar-refractivity contribution in [3.05, 3.63) is 90.1 Å². The topological polar surface area (TPSA) is 24.6 Å². The van der Waals surface area contributed by atoms with Gasteiger partial charge in [0.2, 0.25) is 0 Å². The molecule has 27 heavy (non-hydrogen) atoms. The van der Waals surface area contributed by atoms with Crippen LogP contribution < -0.4 is 0 Å². The quantitative estimate of drug-likeness (QED) is 0.406. The zero-order chi connectivity index (χ0) is 19.0. The fourth-order valence-corrected chi connectivity index (χ4v) is 4.01. The van der Waals surface area contributed by atoms with Gasteiger partial charge in [-0.15, -0.1) is 0 Å². The second-order valence-corrected chi connectivity index (χ2v) is 7.11. The Kier molecular flexibility index (Phi) is 4.44. The number of fused-ring (bicyclic) bond motifs is 3. The van der Waals surface area contributed by atoms with Crippen LogP contribution in [-0.4, -0.2) is 9.51 Å². The highest BCUT2D eigenvalue weighted by Gasteiger charge is 2.22. The summed E-state index contributed by atoms with van der Waals surface area (Å²) in [5.74, 6) is 0.0630. The first-order chi connectivity index (χ1) is 13.1. The van der Waals surface area contributed by atoms with E-state index in [9.17, 15) is 9.50 Å². The zero-order valence-corrected chi connectivity index (χ0v) is 15.5. The van der Waals surface area contributed by atoms with Crippen molar-refractivity contribution in [2.24, 2.45) is 0 Å². The van der Waals surface area contributed by atoms with Gasteiger partial charge in [0.1, 0.15) is 5.82 Å². The number of pyridine rings is 1. The highest BCUT2D eigenvalue weighted by Crippen LogP contribution is 2.39. The smallest absolute Gasteiger partial charge is 0.123 e. The zero-order valence-electron chi connectivity index (χ0n) is 15.5. The second kappa shape index (κ2) is 6.92. The number of halogens is 1. The molecule has 0 saturated carbocycles. The van der Waals surface area contributed by atoms with Crippen LogP contribution in [-0.2, 0) is 6.42 Å². The van der Waals surface area contributed by atoms with Crippen LogP contribution in [0.3, 0.4) is 0 Å². The van der Waals surface area contributed by atoms with Gasteiger partial charge in [-0.3, -0.25) is 0 Å². The summed E-state index contributed by atoms with van der Waals surface area (Å²) in [6.45, 7) is 4.38. The molecule has 0 aliphatic rings. The van der Waals surface area contributed by atoms with Gasteiger partial charge in [-0.25, -0.2) is 4.39 Å². The third kappa shape index (κ3) is 2.89. The van der Waals surface area contributed by atoms with Gasteiger partial charge in [0.05, 0.1) is 17.5 Å². The maximum absolute atomic E-state index is 13.5. The normalized spacial score (nSPS) is 12.0. The van der Waals surface area contributed by atoms with Crippen LogP contribution >= 0.6 is 0 Å². The van der Waals surface area contributed by atoms with Crippen LogP contribution in [0.2, 0.25) is 0 Å². The Morgan fingerprint density at radius 2 is 1.78 bits per heavy atom. The number of rotatable bonds is 4. The van der Waals surface area contributed by atoms with Gasteiger partial charge in [-0.1, -0.05) is 38.1 Å². The van der Waals surface area contributed by atoms with Gasteiger partial charge < -0.3 is 9.51 Å². The van der Waals surface area contributed by atoms with Gasteiger partial charge >= 0.3 is 0 Å². The van der Waals surface area contributed by atoms with Gasteiger partial charge in [0, 0.05) is 11.6 Å². The Morgan fingerprint density at radius 1 is 1.04 bits per heavy atom. The minimum absolute atomic E-state index is 0.244. The van der Waals surface area contributed by atoms with Crippen LogP contribution in [0.1, 0.15) is 30.9 Å². The lowest BCUT2D eigenvalue weighted by Crippen LogP contribution is -1.94. The summed E-state index contributed by atoms with van der Waals surface area (Å²) in [6.07, 6.45) is 5.57. The Bertz CT molecular complexity index is 1140. The molecule has 4 aromatic rings. The number of nitrogens with zero attached hydrogens (tertiary/aromatic N) is 1. The van der Waals surface area contributed by atoms with Crippen molar-refractivity contribution >= 4 is 16.3 Å². The molecule has 0 amide bonds. The molecule has 0 atom stereocenters. The van der Waals surface area contributed by atoms with E-state index in [1.54, 1.807) is 6.08 Å². The van der Waals surface area contributed by atoms with E-state index >= 15 is 0 Å². The van der Waals surface area contributed by atoms with Crippen LogP contribution in [0.4, 0.5) is 4.39 Å². The molecular formula is C24H22FNO. The van der Waals surface area contributed by atoms with Crippen molar-refractivity contribution in [1.82, 2.24) is 4.40 Å². The first kappa shape index (κ1) is 17.3. The number of allylic oxidation sites excluding steroid dienone is 1. The maximum atomic E-state index is 13.5. The lowest BCUT2D eigenvalue weighted by atomic mass is 9.93. The first-order valence-corrected chi connectivity index (χ1v) is 9.21. The minimum Gasteiger partial charge on any atom is -0.516 e. The molecular weight excluding hydrogens is 337 g/mol. The third-order valence-electron chi connectivity index (χ3n) is 5.09. The van der Waals surface area contributed by atoms with Crippen LogP contribution in [0, 0.1) is 5.82 Å². The molecule has 0 unspecified atom stereocenters. The fraction of sp³-hybridized carbons (Fsp3) is 0.167. The van der Waals surface area contributed by atoms with Crippen LogP contribution in [0.5, 0.6) is 0 Å².